The molecule has 0 fully saturated rings. The fourth-order valence-corrected chi connectivity index (χ4v) is 1.61. The standard InChI is InChI=1S/C13H16N4O2/c1-9(18)8-15-13(19)11-6-7-17(16-11)12-5-3-2-4-10(12)14/h2-7,9,18H,8,14H2,1H3,(H,15,19). The topological polar surface area (TPSA) is 93.2 Å². The smallest absolute Gasteiger partial charge is 0.271 e. The summed E-state index contributed by atoms with van der Waals surface area (Å²) >= 11 is 0. The largest absolute Gasteiger partial charge is 0.397 e. The van der Waals surface area contributed by atoms with Gasteiger partial charge in [0.15, 0.2) is 5.69 Å². The molecule has 100 valence electrons. The van der Waals surface area contributed by atoms with Crippen LogP contribution in [0.3, 0.4) is 0 Å². The van der Waals surface area contributed by atoms with Crippen molar-refractivity contribution >= 4 is 11.6 Å². The van der Waals surface area contributed by atoms with Gasteiger partial charge in [0, 0.05) is 12.7 Å². The Labute approximate surface area is 110 Å². The van der Waals surface area contributed by atoms with Gasteiger partial charge in [-0.25, -0.2) is 4.68 Å². The van der Waals surface area contributed by atoms with Gasteiger partial charge in [0.25, 0.3) is 5.91 Å². The molecule has 4 N–H and O–H groups in total. The molecule has 0 bridgehead atoms. The molecular formula is C13H16N4O2. The summed E-state index contributed by atoms with van der Waals surface area (Å²) in [4.78, 5) is 11.7. The van der Waals surface area contributed by atoms with Gasteiger partial charge >= 0.3 is 0 Å². The first-order chi connectivity index (χ1) is 9.08. The average molecular weight is 260 g/mol. The Morgan fingerprint density at radius 3 is 2.89 bits per heavy atom. The van der Waals surface area contributed by atoms with Crippen molar-refractivity contribution < 1.29 is 9.90 Å². The highest BCUT2D eigenvalue weighted by molar-refractivity contribution is 5.92. The van der Waals surface area contributed by atoms with E-state index in [1.807, 2.05) is 18.2 Å². The van der Waals surface area contributed by atoms with E-state index >= 15 is 0 Å². The number of nitrogen functional groups attached to an aromatic ring is 1. The number of benzene rings is 1. The van der Waals surface area contributed by atoms with Crippen LogP contribution in [0.5, 0.6) is 0 Å². The number of amides is 1. The number of hydrogen-bond donors (Lipinski definition) is 3. The van der Waals surface area contributed by atoms with Crippen molar-refractivity contribution in [3.8, 4) is 5.69 Å². The van der Waals surface area contributed by atoms with E-state index in [4.69, 9.17) is 10.8 Å². The molecule has 0 aliphatic rings. The molecule has 0 radical (unpaired) electrons. The highest BCUT2D eigenvalue weighted by Crippen LogP contribution is 2.15. The van der Waals surface area contributed by atoms with Crippen LogP contribution in [-0.2, 0) is 0 Å². The number of nitrogens with two attached hydrogens (primary N) is 1. The van der Waals surface area contributed by atoms with Crippen molar-refractivity contribution in [2.24, 2.45) is 0 Å². The molecule has 6 nitrogen and oxygen atoms in total. The Morgan fingerprint density at radius 1 is 1.47 bits per heavy atom. The number of nitrogens with zero attached hydrogens (tertiary/aromatic N) is 2. The Hall–Kier alpha value is -2.34. The summed E-state index contributed by atoms with van der Waals surface area (Å²) in [5.41, 5.74) is 7.43. The number of hydrogen-bond acceptors (Lipinski definition) is 4. The highest BCUT2D eigenvalue weighted by Gasteiger charge is 2.11. The summed E-state index contributed by atoms with van der Waals surface area (Å²) in [6.07, 6.45) is 1.08. The molecule has 1 atom stereocenters. The molecule has 0 saturated carbocycles. The maximum atomic E-state index is 11.7. The summed E-state index contributed by atoms with van der Waals surface area (Å²) in [5.74, 6) is -0.325. The fraction of sp³-hybridized carbons (Fsp3) is 0.231. The van der Waals surface area contributed by atoms with Crippen LogP contribution < -0.4 is 11.1 Å². The second-order valence-corrected chi connectivity index (χ2v) is 4.26. The monoisotopic (exact) mass is 260 g/mol. The highest BCUT2D eigenvalue weighted by atomic mass is 16.3. The normalized spacial score (nSPS) is 12.1. The number of carbonyl (C=O) groups excluding carboxylic acids is 1. The van der Waals surface area contributed by atoms with Gasteiger partial charge in [0.2, 0.25) is 0 Å². The molecule has 0 saturated heterocycles. The summed E-state index contributed by atoms with van der Waals surface area (Å²) in [6, 6.07) is 8.87. The van der Waals surface area contributed by atoms with E-state index in [-0.39, 0.29) is 18.1 Å². The molecule has 1 aromatic carbocycles. The van der Waals surface area contributed by atoms with Gasteiger partial charge < -0.3 is 16.2 Å². The number of para-hydroxylation sites is 2. The Kier molecular flexibility index (Phi) is 3.82. The number of carbonyl (C=O) groups is 1. The quantitative estimate of drug-likeness (QED) is 0.700. The SMILES string of the molecule is CC(O)CNC(=O)c1ccn(-c2ccccc2N)n1. The molecular weight excluding hydrogens is 244 g/mol. The van der Waals surface area contributed by atoms with Crippen LogP contribution >= 0.6 is 0 Å². The lowest BCUT2D eigenvalue weighted by atomic mass is 10.3. The van der Waals surface area contributed by atoms with E-state index in [2.05, 4.69) is 10.4 Å². The van der Waals surface area contributed by atoms with Gasteiger partial charge in [0.05, 0.1) is 17.5 Å². The zero-order valence-electron chi connectivity index (χ0n) is 10.6. The molecule has 0 spiro atoms. The summed E-state index contributed by atoms with van der Waals surface area (Å²) in [5, 5.41) is 15.9. The van der Waals surface area contributed by atoms with Crippen LogP contribution in [0.15, 0.2) is 36.5 Å². The zero-order chi connectivity index (χ0) is 13.8. The molecule has 1 unspecified atom stereocenters. The Bertz CT molecular complexity index is 578. The molecule has 2 aromatic rings. The average Bonchev–Trinajstić information content (AvgIpc) is 2.86. The van der Waals surface area contributed by atoms with Crippen molar-refractivity contribution in [2.45, 2.75) is 13.0 Å². The number of aliphatic hydroxyl groups is 1. The molecule has 0 aliphatic carbocycles. The number of anilines is 1. The second kappa shape index (κ2) is 5.53. The second-order valence-electron chi connectivity index (χ2n) is 4.26. The van der Waals surface area contributed by atoms with Crippen LogP contribution in [-0.4, -0.2) is 33.4 Å². The van der Waals surface area contributed by atoms with E-state index in [0.717, 1.165) is 5.69 Å². The lowest BCUT2D eigenvalue weighted by Crippen LogP contribution is -2.30. The van der Waals surface area contributed by atoms with Crippen LogP contribution in [0.4, 0.5) is 5.69 Å². The van der Waals surface area contributed by atoms with Crippen LogP contribution in [0.25, 0.3) is 5.69 Å². The molecule has 1 heterocycles. The summed E-state index contributed by atoms with van der Waals surface area (Å²) in [7, 11) is 0. The first-order valence-electron chi connectivity index (χ1n) is 5.94. The summed E-state index contributed by atoms with van der Waals surface area (Å²) in [6.45, 7) is 1.79. The van der Waals surface area contributed by atoms with E-state index in [0.29, 0.717) is 5.69 Å². The van der Waals surface area contributed by atoms with Crippen molar-refractivity contribution in [3.05, 3.63) is 42.2 Å². The molecule has 6 heteroatoms. The van der Waals surface area contributed by atoms with Crippen molar-refractivity contribution in [1.82, 2.24) is 15.1 Å². The maximum absolute atomic E-state index is 11.7. The molecule has 1 amide bonds. The third kappa shape index (κ3) is 3.11. The van der Waals surface area contributed by atoms with E-state index < -0.39 is 6.10 Å². The zero-order valence-corrected chi connectivity index (χ0v) is 10.6. The molecule has 0 aliphatic heterocycles. The lowest BCUT2D eigenvalue weighted by molar-refractivity contribution is 0.0918. The first kappa shape index (κ1) is 13.1. The van der Waals surface area contributed by atoms with Crippen LogP contribution in [0, 0.1) is 0 Å². The third-order valence-electron chi connectivity index (χ3n) is 2.56. The van der Waals surface area contributed by atoms with Crippen molar-refractivity contribution in [3.63, 3.8) is 0 Å². The minimum absolute atomic E-state index is 0.194. The number of aliphatic hydroxyl groups excluding tert-OH is 1. The predicted molar refractivity (Wildman–Crippen MR) is 72.0 cm³/mol. The van der Waals surface area contributed by atoms with Crippen LogP contribution in [0.2, 0.25) is 0 Å². The predicted octanol–water partition coefficient (Wildman–Crippen LogP) is 0.565. The molecule has 2 rings (SSSR count). The molecule has 19 heavy (non-hydrogen) atoms. The molecule has 1 aromatic heterocycles. The van der Waals surface area contributed by atoms with Gasteiger partial charge in [-0.2, -0.15) is 5.10 Å². The van der Waals surface area contributed by atoms with Gasteiger partial charge in [-0.15, -0.1) is 0 Å². The van der Waals surface area contributed by atoms with Crippen molar-refractivity contribution in [1.29, 1.82) is 0 Å². The Morgan fingerprint density at radius 2 is 2.21 bits per heavy atom. The minimum atomic E-state index is -0.587. The van der Waals surface area contributed by atoms with E-state index in [1.165, 1.54) is 0 Å². The number of rotatable bonds is 4. The number of aromatic nitrogens is 2. The summed E-state index contributed by atoms with van der Waals surface area (Å²) < 4.78 is 1.55. The van der Waals surface area contributed by atoms with Gasteiger partial charge in [-0.05, 0) is 25.1 Å². The third-order valence-corrected chi connectivity index (χ3v) is 2.56. The van der Waals surface area contributed by atoms with Gasteiger partial charge in [-0.3, -0.25) is 4.79 Å². The fourth-order valence-electron chi connectivity index (χ4n) is 1.61. The maximum Gasteiger partial charge on any atom is 0.271 e. The minimum Gasteiger partial charge on any atom is -0.397 e. The lowest BCUT2D eigenvalue weighted by Gasteiger charge is -2.06. The van der Waals surface area contributed by atoms with Gasteiger partial charge in [0.1, 0.15) is 0 Å². The van der Waals surface area contributed by atoms with E-state index in [9.17, 15) is 4.79 Å². The Balaban J connectivity index is 2.15. The van der Waals surface area contributed by atoms with Crippen LogP contribution in [0.1, 0.15) is 17.4 Å². The van der Waals surface area contributed by atoms with Gasteiger partial charge in [-0.1, -0.05) is 12.1 Å². The van der Waals surface area contributed by atoms with Crippen molar-refractivity contribution in [2.75, 3.05) is 12.3 Å². The first-order valence-corrected chi connectivity index (χ1v) is 5.94. The number of nitrogens with one attached hydrogen (secondary N) is 1. The van der Waals surface area contributed by atoms with E-state index in [1.54, 1.807) is 29.9 Å².